The fourth-order valence-corrected chi connectivity index (χ4v) is 2.03. The first-order valence-corrected chi connectivity index (χ1v) is 5.91. The molecule has 2 rings (SSSR count). The Hall–Kier alpha value is -1.55. The van der Waals surface area contributed by atoms with Crippen LogP contribution in [-0.2, 0) is 0 Å². The largest absolute Gasteiger partial charge is 0.397 e. The minimum atomic E-state index is -0.259. The molecule has 0 bridgehead atoms. The van der Waals surface area contributed by atoms with Crippen LogP contribution in [0, 0.1) is 5.82 Å². The first-order valence-electron chi connectivity index (χ1n) is 5.12. The van der Waals surface area contributed by atoms with Gasteiger partial charge in [0.05, 0.1) is 11.4 Å². The maximum atomic E-state index is 13.1. The molecule has 0 aliphatic carbocycles. The van der Waals surface area contributed by atoms with E-state index in [9.17, 15) is 4.39 Å². The van der Waals surface area contributed by atoms with Crippen molar-refractivity contribution in [2.24, 2.45) is 0 Å². The molecule has 2 N–H and O–H groups in total. The van der Waals surface area contributed by atoms with Gasteiger partial charge in [-0.25, -0.2) is 4.39 Å². The average Bonchev–Trinajstić information content (AvgIpc) is 2.28. The summed E-state index contributed by atoms with van der Waals surface area (Å²) in [6, 6.07) is 12.0. The molecule has 0 unspecified atom stereocenters. The van der Waals surface area contributed by atoms with Gasteiger partial charge in [-0.2, -0.15) is 0 Å². The van der Waals surface area contributed by atoms with Gasteiger partial charge in [-0.05, 0) is 36.4 Å². The molecular formula is C13H12BrFN2. The van der Waals surface area contributed by atoms with E-state index in [1.807, 2.05) is 36.2 Å². The summed E-state index contributed by atoms with van der Waals surface area (Å²) in [5, 5.41) is 0. The van der Waals surface area contributed by atoms with Crippen molar-refractivity contribution < 1.29 is 4.39 Å². The van der Waals surface area contributed by atoms with Crippen molar-refractivity contribution in [3.8, 4) is 0 Å². The Morgan fingerprint density at radius 1 is 1.18 bits per heavy atom. The lowest BCUT2D eigenvalue weighted by atomic mass is 10.2. The smallest absolute Gasteiger partial charge is 0.125 e. The molecule has 2 aromatic rings. The van der Waals surface area contributed by atoms with E-state index in [1.54, 1.807) is 6.07 Å². The molecule has 0 aliphatic rings. The second kappa shape index (κ2) is 4.75. The minimum absolute atomic E-state index is 0.259. The Kier molecular flexibility index (Phi) is 3.33. The van der Waals surface area contributed by atoms with E-state index in [-0.39, 0.29) is 5.82 Å². The van der Waals surface area contributed by atoms with E-state index in [2.05, 4.69) is 15.9 Å². The van der Waals surface area contributed by atoms with Gasteiger partial charge in [0.2, 0.25) is 0 Å². The van der Waals surface area contributed by atoms with E-state index in [4.69, 9.17) is 5.73 Å². The number of anilines is 3. The highest BCUT2D eigenvalue weighted by molar-refractivity contribution is 9.10. The lowest BCUT2D eigenvalue weighted by Crippen LogP contribution is -2.11. The van der Waals surface area contributed by atoms with E-state index < -0.39 is 0 Å². The van der Waals surface area contributed by atoms with Crippen LogP contribution in [0.15, 0.2) is 46.9 Å². The van der Waals surface area contributed by atoms with Crippen molar-refractivity contribution >= 4 is 33.0 Å². The number of halogens is 2. The van der Waals surface area contributed by atoms with Gasteiger partial charge >= 0.3 is 0 Å². The molecule has 88 valence electrons. The van der Waals surface area contributed by atoms with Crippen LogP contribution in [0.4, 0.5) is 21.5 Å². The number of nitrogen functional groups attached to an aromatic ring is 1. The fourth-order valence-electron chi connectivity index (χ4n) is 1.65. The number of rotatable bonds is 2. The van der Waals surface area contributed by atoms with Crippen LogP contribution >= 0.6 is 15.9 Å². The van der Waals surface area contributed by atoms with Gasteiger partial charge in [-0.3, -0.25) is 0 Å². The van der Waals surface area contributed by atoms with E-state index >= 15 is 0 Å². The summed E-state index contributed by atoms with van der Waals surface area (Å²) < 4.78 is 14.1. The minimum Gasteiger partial charge on any atom is -0.397 e. The highest BCUT2D eigenvalue weighted by Gasteiger charge is 2.08. The standard InChI is InChI=1S/C13H12BrFN2/c1-17(11-4-2-3-10(15)8-11)13-6-5-9(14)7-12(13)16/h2-8H,16H2,1H3. The normalized spacial score (nSPS) is 10.3. The fraction of sp³-hybridized carbons (Fsp3) is 0.0769. The third-order valence-corrected chi connectivity index (χ3v) is 3.04. The Bertz CT molecular complexity index is 543. The van der Waals surface area contributed by atoms with Gasteiger partial charge in [0.15, 0.2) is 0 Å². The van der Waals surface area contributed by atoms with Crippen molar-refractivity contribution in [2.75, 3.05) is 17.7 Å². The maximum Gasteiger partial charge on any atom is 0.125 e. The monoisotopic (exact) mass is 294 g/mol. The highest BCUT2D eigenvalue weighted by atomic mass is 79.9. The molecular weight excluding hydrogens is 283 g/mol. The van der Waals surface area contributed by atoms with E-state index in [1.165, 1.54) is 12.1 Å². The summed E-state index contributed by atoms with van der Waals surface area (Å²) in [5.74, 6) is -0.259. The quantitative estimate of drug-likeness (QED) is 0.850. The summed E-state index contributed by atoms with van der Waals surface area (Å²) in [4.78, 5) is 1.85. The molecule has 0 heterocycles. The number of nitrogens with two attached hydrogens (primary N) is 1. The van der Waals surface area contributed by atoms with Crippen molar-refractivity contribution in [3.05, 3.63) is 52.8 Å². The zero-order valence-electron chi connectivity index (χ0n) is 9.32. The molecule has 0 amide bonds. The average molecular weight is 295 g/mol. The van der Waals surface area contributed by atoms with Crippen molar-refractivity contribution in [1.29, 1.82) is 0 Å². The van der Waals surface area contributed by atoms with Crippen molar-refractivity contribution in [1.82, 2.24) is 0 Å². The molecule has 0 aromatic heterocycles. The first kappa shape index (κ1) is 11.9. The zero-order chi connectivity index (χ0) is 12.4. The number of nitrogens with zero attached hydrogens (tertiary/aromatic N) is 1. The molecule has 2 aromatic carbocycles. The van der Waals surface area contributed by atoms with Gasteiger partial charge in [0, 0.05) is 17.2 Å². The van der Waals surface area contributed by atoms with Crippen LogP contribution in [-0.4, -0.2) is 7.05 Å². The Balaban J connectivity index is 2.40. The van der Waals surface area contributed by atoms with Crippen LogP contribution in [0.5, 0.6) is 0 Å². The zero-order valence-corrected chi connectivity index (χ0v) is 10.9. The predicted octanol–water partition coefficient (Wildman–Crippen LogP) is 3.94. The lowest BCUT2D eigenvalue weighted by Gasteiger charge is -2.21. The van der Waals surface area contributed by atoms with E-state index in [0.29, 0.717) is 5.69 Å². The Morgan fingerprint density at radius 2 is 1.94 bits per heavy atom. The second-order valence-corrected chi connectivity index (χ2v) is 4.66. The summed E-state index contributed by atoms with van der Waals surface area (Å²) in [7, 11) is 1.86. The third kappa shape index (κ3) is 2.58. The highest BCUT2D eigenvalue weighted by Crippen LogP contribution is 2.31. The summed E-state index contributed by atoms with van der Waals surface area (Å²) in [6.07, 6.45) is 0. The molecule has 0 atom stereocenters. The van der Waals surface area contributed by atoms with E-state index in [0.717, 1.165) is 15.8 Å². The maximum absolute atomic E-state index is 13.1. The molecule has 0 spiro atoms. The first-order chi connectivity index (χ1) is 8.08. The van der Waals surface area contributed by atoms with Crippen LogP contribution in [0.3, 0.4) is 0 Å². The molecule has 0 aliphatic heterocycles. The van der Waals surface area contributed by atoms with Crippen LogP contribution < -0.4 is 10.6 Å². The molecule has 0 fully saturated rings. The van der Waals surface area contributed by atoms with Gasteiger partial charge in [-0.1, -0.05) is 22.0 Å². The molecule has 0 saturated heterocycles. The van der Waals surface area contributed by atoms with Crippen molar-refractivity contribution in [2.45, 2.75) is 0 Å². The van der Waals surface area contributed by atoms with Gasteiger partial charge in [-0.15, -0.1) is 0 Å². The second-order valence-electron chi connectivity index (χ2n) is 3.74. The molecule has 17 heavy (non-hydrogen) atoms. The summed E-state index contributed by atoms with van der Waals surface area (Å²) in [5.41, 5.74) is 8.19. The van der Waals surface area contributed by atoms with Gasteiger partial charge < -0.3 is 10.6 Å². The predicted molar refractivity (Wildman–Crippen MR) is 73.0 cm³/mol. The van der Waals surface area contributed by atoms with Crippen LogP contribution in [0.1, 0.15) is 0 Å². The molecule has 0 saturated carbocycles. The topological polar surface area (TPSA) is 29.3 Å². The summed E-state index contributed by atoms with van der Waals surface area (Å²) in [6.45, 7) is 0. The van der Waals surface area contributed by atoms with Gasteiger partial charge in [0.1, 0.15) is 5.82 Å². The Morgan fingerprint density at radius 3 is 2.59 bits per heavy atom. The SMILES string of the molecule is CN(c1cccc(F)c1)c1ccc(Br)cc1N. The Labute approximate surface area is 108 Å². The third-order valence-electron chi connectivity index (χ3n) is 2.55. The number of hydrogen-bond donors (Lipinski definition) is 1. The molecule has 0 radical (unpaired) electrons. The molecule has 4 heteroatoms. The van der Waals surface area contributed by atoms with Gasteiger partial charge in [0.25, 0.3) is 0 Å². The summed E-state index contributed by atoms with van der Waals surface area (Å²) >= 11 is 3.35. The van der Waals surface area contributed by atoms with Crippen LogP contribution in [0.2, 0.25) is 0 Å². The number of hydrogen-bond acceptors (Lipinski definition) is 2. The molecule has 2 nitrogen and oxygen atoms in total. The van der Waals surface area contributed by atoms with Crippen molar-refractivity contribution in [3.63, 3.8) is 0 Å². The lowest BCUT2D eigenvalue weighted by molar-refractivity contribution is 0.628. The number of benzene rings is 2. The van der Waals surface area contributed by atoms with Crippen LogP contribution in [0.25, 0.3) is 0 Å².